The number of anilines is 1. The highest BCUT2D eigenvalue weighted by atomic mass is 32.2. The lowest BCUT2D eigenvalue weighted by Gasteiger charge is -2.20. The van der Waals surface area contributed by atoms with Crippen LogP contribution in [0.4, 0.5) is 5.69 Å². The molecule has 26 heavy (non-hydrogen) atoms. The lowest BCUT2D eigenvalue weighted by Crippen LogP contribution is -2.31. The van der Waals surface area contributed by atoms with Crippen LogP contribution in [0.2, 0.25) is 0 Å². The summed E-state index contributed by atoms with van der Waals surface area (Å²) < 4.78 is 54.4. The van der Waals surface area contributed by atoms with Gasteiger partial charge in [0.15, 0.2) is 0 Å². The highest BCUT2D eigenvalue weighted by molar-refractivity contribution is 7.92. The Bertz CT molecular complexity index is 932. The standard InChI is InChI=1S/C18H22N2O4S2/c21-25(22,19-16-8-4-3-5-9-16)17-10-12-18(13-11-17)26(23,24)20-14-6-1-2-7-15-20/h3-5,8-13,19H,1-2,6-7,14-15H2. The second-order valence-electron chi connectivity index (χ2n) is 6.26. The van der Waals surface area contributed by atoms with Gasteiger partial charge >= 0.3 is 0 Å². The molecule has 0 atom stereocenters. The summed E-state index contributed by atoms with van der Waals surface area (Å²) in [5.74, 6) is 0. The molecule has 0 aromatic heterocycles. The van der Waals surface area contributed by atoms with Crippen LogP contribution < -0.4 is 4.72 Å². The van der Waals surface area contributed by atoms with Gasteiger partial charge in [-0.3, -0.25) is 4.72 Å². The van der Waals surface area contributed by atoms with E-state index in [2.05, 4.69) is 4.72 Å². The molecule has 6 nitrogen and oxygen atoms in total. The molecule has 0 bridgehead atoms. The van der Waals surface area contributed by atoms with Crippen molar-refractivity contribution in [3.05, 3.63) is 54.6 Å². The Kier molecular flexibility index (Phi) is 5.64. The molecular formula is C18H22N2O4S2. The number of sulfonamides is 2. The van der Waals surface area contributed by atoms with Crippen molar-refractivity contribution in [1.82, 2.24) is 4.31 Å². The van der Waals surface area contributed by atoms with Gasteiger partial charge in [-0.2, -0.15) is 4.31 Å². The van der Waals surface area contributed by atoms with Gasteiger partial charge in [-0.15, -0.1) is 0 Å². The van der Waals surface area contributed by atoms with E-state index in [1.165, 1.54) is 28.6 Å². The van der Waals surface area contributed by atoms with Crippen molar-refractivity contribution < 1.29 is 16.8 Å². The Balaban J connectivity index is 1.81. The Morgan fingerprint density at radius 3 is 1.81 bits per heavy atom. The van der Waals surface area contributed by atoms with E-state index < -0.39 is 20.0 Å². The third kappa shape index (κ3) is 4.25. The van der Waals surface area contributed by atoms with E-state index in [0.29, 0.717) is 18.8 Å². The topological polar surface area (TPSA) is 83.5 Å². The Morgan fingerprint density at radius 1 is 0.692 bits per heavy atom. The third-order valence-corrected chi connectivity index (χ3v) is 7.67. The van der Waals surface area contributed by atoms with Crippen molar-refractivity contribution in [3.63, 3.8) is 0 Å². The van der Waals surface area contributed by atoms with E-state index in [4.69, 9.17) is 0 Å². The molecule has 1 aliphatic rings. The van der Waals surface area contributed by atoms with Crippen molar-refractivity contribution >= 4 is 25.7 Å². The number of benzene rings is 2. The van der Waals surface area contributed by atoms with Crippen LogP contribution in [0.1, 0.15) is 25.7 Å². The van der Waals surface area contributed by atoms with Crippen LogP contribution in [0, 0.1) is 0 Å². The van der Waals surface area contributed by atoms with Gasteiger partial charge in [0.05, 0.1) is 9.79 Å². The third-order valence-electron chi connectivity index (χ3n) is 4.36. The highest BCUT2D eigenvalue weighted by Crippen LogP contribution is 2.22. The normalized spacial score (nSPS) is 16.8. The molecule has 8 heteroatoms. The van der Waals surface area contributed by atoms with Gasteiger partial charge in [-0.1, -0.05) is 31.0 Å². The molecule has 140 valence electrons. The first-order valence-electron chi connectivity index (χ1n) is 8.58. The lowest BCUT2D eigenvalue weighted by molar-refractivity contribution is 0.423. The lowest BCUT2D eigenvalue weighted by atomic mass is 10.2. The highest BCUT2D eigenvalue weighted by Gasteiger charge is 2.25. The van der Waals surface area contributed by atoms with Crippen molar-refractivity contribution in [2.24, 2.45) is 0 Å². The molecule has 0 spiro atoms. The summed E-state index contributed by atoms with van der Waals surface area (Å²) in [6.45, 7) is 1.02. The van der Waals surface area contributed by atoms with Gasteiger partial charge in [0, 0.05) is 18.8 Å². The molecule has 0 amide bonds. The first kappa shape index (κ1) is 18.9. The number of hydrogen-bond acceptors (Lipinski definition) is 4. The van der Waals surface area contributed by atoms with Gasteiger partial charge in [-0.25, -0.2) is 16.8 Å². The van der Waals surface area contributed by atoms with Crippen molar-refractivity contribution in [3.8, 4) is 0 Å². The minimum Gasteiger partial charge on any atom is -0.280 e. The predicted molar refractivity (Wildman–Crippen MR) is 101 cm³/mol. The van der Waals surface area contributed by atoms with Gasteiger partial charge in [0.1, 0.15) is 0 Å². The van der Waals surface area contributed by atoms with E-state index >= 15 is 0 Å². The first-order chi connectivity index (χ1) is 12.4. The van der Waals surface area contributed by atoms with Crippen molar-refractivity contribution in [1.29, 1.82) is 0 Å². The minimum atomic E-state index is -3.76. The largest absolute Gasteiger partial charge is 0.280 e. The first-order valence-corrected chi connectivity index (χ1v) is 11.5. The summed E-state index contributed by atoms with van der Waals surface area (Å²) >= 11 is 0. The molecule has 0 unspecified atom stereocenters. The van der Waals surface area contributed by atoms with Gasteiger partial charge in [0.25, 0.3) is 10.0 Å². The van der Waals surface area contributed by atoms with Crippen LogP contribution in [0.15, 0.2) is 64.4 Å². The summed E-state index contributed by atoms with van der Waals surface area (Å²) in [6, 6.07) is 13.9. The quantitative estimate of drug-likeness (QED) is 0.845. The molecule has 1 N–H and O–H groups in total. The summed E-state index contributed by atoms with van der Waals surface area (Å²) in [4.78, 5) is 0.147. The van der Waals surface area contributed by atoms with Crippen LogP contribution in [0.25, 0.3) is 0 Å². The van der Waals surface area contributed by atoms with Gasteiger partial charge < -0.3 is 0 Å². The molecule has 3 rings (SSSR count). The number of nitrogens with one attached hydrogen (secondary N) is 1. The molecule has 0 radical (unpaired) electrons. The smallest absolute Gasteiger partial charge is 0.261 e. The Morgan fingerprint density at radius 2 is 1.23 bits per heavy atom. The molecule has 1 fully saturated rings. The monoisotopic (exact) mass is 394 g/mol. The van der Waals surface area contributed by atoms with E-state index in [1.807, 2.05) is 0 Å². The van der Waals surface area contributed by atoms with Crippen molar-refractivity contribution in [2.75, 3.05) is 17.8 Å². The number of nitrogens with zero attached hydrogens (tertiary/aromatic N) is 1. The molecule has 1 saturated heterocycles. The van der Waals surface area contributed by atoms with Crippen LogP contribution in [0.3, 0.4) is 0 Å². The molecule has 2 aromatic carbocycles. The fourth-order valence-electron chi connectivity index (χ4n) is 2.94. The summed E-state index contributed by atoms with van der Waals surface area (Å²) in [6.07, 6.45) is 3.78. The fourth-order valence-corrected chi connectivity index (χ4v) is 5.52. The molecule has 1 heterocycles. The van der Waals surface area contributed by atoms with Crippen molar-refractivity contribution in [2.45, 2.75) is 35.5 Å². The van der Waals surface area contributed by atoms with Gasteiger partial charge in [0.2, 0.25) is 10.0 Å². The number of para-hydroxylation sites is 1. The van der Waals surface area contributed by atoms with Gasteiger partial charge in [-0.05, 0) is 49.2 Å². The maximum absolute atomic E-state index is 12.8. The maximum Gasteiger partial charge on any atom is 0.261 e. The zero-order valence-corrected chi connectivity index (χ0v) is 16.0. The molecule has 0 saturated carbocycles. The molecular weight excluding hydrogens is 372 g/mol. The number of hydrogen-bond donors (Lipinski definition) is 1. The Labute approximate surface area is 155 Å². The summed E-state index contributed by atoms with van der Waals surface area (Å²) in [5.41, 5.74) is 0.453. The van der Waals surface area contributed by atoms with Crippen LogP contribution >= 0.6 is 0 Å². The Hall–Kier alpha value is -1.90. The van der Waals surface area contributed by atoms with Crippen LogP contribution in [-0.4, -0.2) is 34.2 Å². The second-order valence-corrected chi connectivity index (χ2v) is 9.88. The molecule has 2 aromatic rings. The average Bonchev–Trinajstić information content (AvgIpc) is 2.92. The van der Waals surface area contributed by atoms with Crippen LogP contribution in [-0.2, 0) is 20.0 Å². The molecule has 0 aliphatic carbocycles. The SMILES string of the molecule is O=S(=O)(Nc1ccccc1)c1ccc(S(=O)(=O)N2CCCCCC2)cc1. The summed E-state index contributed by atoms with van der Waals surface area (Å²) in [5, 5.41) is 0. The minimum absolute atomic E-state index is 0.0242. The van der Waals surface area contributed by atoms with E-state index in [-0.39, 0.29) is 9.79 Å². The van der Waals surface area contributed by atoms with Crippen LogP contribution in [0.5, 0.6) is 0 Å². The molecule has 1 aliphatic heterocycles. The zero-order valence-electron chi connectivity index (χ0n) is 14.3. The van der Waals surface area contributed by atoms with E-state index in [0.717, 1.165) is 25.7 Å². The second kappa shape index (κ2) is 7.77. The fraction of sp³-hybridized carbons (Fsp3) is 0.333. The van der Waals surface area contributed by atoms with E-state index in [9.17, 15) is 16.8 Å². The van der Waals surface area contributed by atoms with E-state index in [1.54, 1.807) is 30.3 Å². The summed E-state index contributed by atoms with van der Waals surface area (Å²) in [7, 11) is -7.35. The maximum atomic E-state index is 12.8. The predicted octanol–water partition coefficient (Wildman–Crippen LogP) is 3.05. The zero-order chi connectivity index (χ0) is 18.6. The average molecular weight is 395 g/mol. The number of rotatable bonds is 5.